The molecule has 2 heterocycles. The van der Waals surface area contributed by atoms with E-state index in [4.69, 9.17) is 4.74 Å². The van der Waals surface area contributed by atoms with E-state index in [0.29, 0.717) is 37.4 Å². The van der Waals surface area contributed by atoms with Crippen molar-refractivity contribution in [3.63, 3.8) is 0 Å². The highest BCUT2D eigenvalue weighted by atomic mass is 32.2. The van der Waals surface area contributed by atoms with Gasteiger partial charge >= 0.3 is 0 Å². The van der Waals surface area contributed by atoms with Crippen molar-refractivity contribution < 1.29 is 17.9 Å². The highest BCUT2D eigenvalue weighted by Gasteiger charge is 2.33. The van der Waals surface area contributed by atoms with Crippen LogP contribution in [-0.4, -0.2) is 57.3 Å². The van der Waals surface area contributed by atoms with E-state index in [2.05, 4.69) is 0 Å². The molecule has 0 radical (unpaired) electrons. The molecule has 23 heavy (non-hydrogen) atoms. The van der Waals surface area contributed by atoms with Crippen LogP contribution in [0.3, 0.4) is 0 Å². The molecule has 6 nitrogen and oxygen atoms in total. The van der Waals surface area contributed by atoms with Crippen LogP contribution in [0, 0.1) is 0 Å². The monoisotopic (exact) mass is 338 g/mol. The van der Waals surface area contributed by atoms with Crippen LogP contribution >= 0.6 is 0 Å². The molecular weight excluding hydrogens is 316 g/mol. The van der Waals surface area contributed by atoms with Gasteiger partial charge < -0.3 is 9.64 Å². The number of carbonyl (C=O) groups is 1. The topological polar surface area (TPSA) is 66.9 Å². The number of carbonyl (C=O) groups excluding carboxylic acids is 1. The molecule has 0 bridgehead atoms. The summed E-state index contributed by atoms with van der Waals surface area (Å²) >= 11 is 0. The molecule has 0 aliphatic carbocycles. The lowest BCUT2D eigenvalue weighted by atomic mass is 10.1. The minimum absolute atomic E-state index is 0.0194. The average molecular weight is 338 g/mol. The lowest BCUT2D eigenvalue weighted by molar-refractivity contribution is 0.00359. The molecule has 1 aromatic rings. The smallest absolute Gasteiger partial charge is 0.254 e. The van der Waals surface area contributed by atoms with Crippen molar-refractivity contribution >= 4 is 21.6 Å². The second kappa shape index (κ2) is 5.79. The number of anilines is 1. The van der Waals surface area contributed by atoms with Gasteiger partial charge in [0.1, 0.15) is 0 Å². The Balaban J connectivity index is 1.91. The summed E-state index contributed by atoms with van der Waals surface area (Å²) in [5, 5.41) is 0. The second-order valence-corrected chi connectivity index (χ2v) is 8.24. The average Bonchev–Trinajstić information content (AvgIpc) is 2.81. The van der Waals surface area contributed by atoms with Crippen molar-refractivity contribution in [1.82, 2.24) is 4.90 Å². The lowest BCUT2D eigenvalue weighted by Gasteiger charge is -2.33. The predicted octanol–water partition coefficient (Wildman–Crippen LogP) is 1.26. The number of morpholine rings is 1. The molecule has 1 saturated heterocycles. The van der Waals surface area contributed by atoms with E-state index in [-0.39, 0.29) is 18.0 Å². The number of sulfonamides is 1. The summed E-state index contributed by atoms with van der Waals surface area (Å²) in [6, 6.07) is 5.24. The Kier molecular flexibility index (Phi) is 4.10. The molecule has 0 aromatic heterocycles. The fourth-order valence-electron chi connectivity index (χ4n) is 3.44. The van der Waals surface area contributed by atoms with E-state index >= 15 is 0 Å². The molecule has 2 aliphatic heterocycles. The van der Waals surface area contributed by atoms with Gasteiger partial charge in [-0.15, -0.1) is 0 Å². The quantitative estimate of drug-likeness (QED) is 0.814. The molecule has 7 heteroatoms. The largest absolute Gasteiger partial charge is 0.377 e. The number of hydrogen-bond donors (Lipinski definition) is 0. The summed E-state index contributed by atoms with van der Waals surface area (Å²) < 4.78 is 30.7. The summed E-state index contributed by atoms with van der Waals surface area (Å²) in [6.07, 6.45) is 1.84. The number of ether oxygens (including phenoxy) is 1. The van der Waals surface area contributed by atoms with Crippen LogP contribution in [0.5, 0.6) is 0 Å². The van der Waals surface area contributed by atoms with Crippen molar-refractivity contribution in [3.8, 4) is 0 Å². The van der Waals surface area contributed by atoms with Gasteiger partial charge in [-0.3, -0.25) is 9.10 Å². The fraction of sp³-hybridized carbons (Fsp3) is 0.562. The van der Waals surface area contributed by atoms with Crippen molar-refractivity contribution in [2.24, 2.45) is 0 Å². The minimum atomic E-state index is -3.31. The molecule has 2 aliphatic rings. The Labute approximate surface area is 137 Å². The van der Waals surface area contributed by atoms with E-state index in [0.717, 1.165) is 5.56 Å². The van der Waals surface area contributed by atoms with Crippen LogP contribution in [0.15, 0.2) is 18.2 Å². The van der Waals surface area contributed by atoms with Gasteiger partial charge in [0.2, 0.25) is 10.0 Å². The zero-order valence-corrected chi connectivity index (χ0v) is 14.5. The van der Waals surface area contributed by atoms with Gasteiger partial charge in [0, 0.05) is 18.2 Å². The number of nitrogens with zero attached hydrogens (tertiary/aromatic N) is 2. The van der Waals surface area contributed by atoms with Gasteiger partial charge in [-0.2, -0.15) is 0 Å². The van der Waals surface area contributed by atoms with Crippen molar-refractivity contribution in [1.29, 1.82) is 0 Å². The third kappa shape index (κ3) is 2.95. The van der Waals surface area contributed by atoms with Gasteiger partial charge in [0.15, 0.2) is 0 Å². The third-order valence-electron chi connectivity index (χ3n) is 4.47. The van der Waals surface area contributed by atoms with E-state index < -0.39 is 10.0 Å². The Hall–Kier alpha value is -1.60. The zero-order chi connectivity index (χ0) is 16.8. The SMILES string of the molecule is C[C@@H]1COCCN1C(=O)c1ccc2c(c1)C[C@H](C)N2S(C)(=O)=O. The van der Waals surface area contributed by atoms with E-state index in [1.54, 1.807) is 12.1 Å². The van der Waals surface area contributed by atoms with E-state index in [9.17, 15) is 13.2 Å². The molecule has 0 N–H and O–H groups in total. The molecule has 0 unspecified atom stereocenters. The number of benzene rings is 1. The number of fused-ring (bicyclic) bond motifs is 1. The molecule has 1 aromatic carbocycles. The van der Waals surface area contributed by atoms with Crippen molar-refractivity contribution in [2.75, 3.05) is 30.3 Å². The van der Waals surface area contributed by atoms with Gasteiger partial charge in [-0.05, 0) is 44.0 Å². The van der Waals surface area contributed by atoms with Crippen LogP contribution in [0.4, 0.5) is 5.69 Å². The second-order valence-electron chi connectivity index (χ2n) is 6.38. The number of amides is 1. The summed E-state index contributed by atoms with van der Waals surface area (Å²) in [7, 11) is -3.31. The predicted molar refractivity (Wildman–Crippen MR) is 88.2 cm³/mol. The zero-order valence-electron chi connectivity index (χ0n) is 13.7. The van der Waals surface area contributed by atoms with Crippen molar-refractivity contribution in [3.05, 3.63) is 29.3 Å². The summed E-state index contributed by atoms with van der Waals surface area (Å²) in [5.41, 5.74) is 2.21. The van der Waals surface area contributed by atoms with E-state index in [1.807, 2.05) is 24.8 Å². The van der Waals surface area contributed by atoms with Crippen LogP contribution in [0.1, 0.15) is 29.8 Å². The Bertz CT molecular complexity index is 732. The molecule has 0 spiro atoms. The van der Waals surface area contributed by atoms with Crippen LogP contribution < -0.4 is 4.31 Å². The fourth-order valence-corrected chi connectivity index (χ4v) is 4.70. The Morgan fingerprint density at radius 1 is 1.26 bits per heavy atom. The highest BCUT2D eigenvalue weighted by molar-refractivity contribution is 7.92. The minimum Gasteiger partial charge on any atom is -0.377 e. The molecule has 2 atom stereocenters. The summed E-state index contributed by atoms with van der Waals surface area (Å²) in [4.78, 5) is 14.5. The number of hydrogen-bond acceptors (Lipinski definition) is 4. The maximum Gasteiger partial charge on any atom is 0.254 e. The first-order chi connectivity index (χ1) is 10.8. The first-order valence-electron chi connectivity index (χ1n) is 7.80. The molecular formula is C16H22N2O4S. The Morgan fingerprint density at radius 2 is 2.00 bits per heavy atom. The van der Waals surface area contributed by atoms with E-state index in [1.165, 1.54) is 10.6 Å². The lowest BCUT2D eigenvalue weighted by Crippen LogP contribution is -2.47. The van der Waals surface area contributed by atoms with Gasteiger partial charge in [0.25, 0.3) is 5.91 Å². The van der Waals surface area contributed by atoms with Crippen molar-refractivity contribution in [2.45, 2.75) is 32.4 Å². The molecule has 0 saturated carbocycles. The summed E-state index contributed by atoms with van der Waals surface area (Å²) in [6.45, 7) is 5.54. The van der Waals surface area contributed by atoms with Gasteiger partial charge in [-0.25, -0.2) is 8.42 Å². The maximum absolute atomic E-state index is 12.7. The standard InChI is InChI=1S/C16H22N2O4S/c1-11-8-14-9-13(4-5-15(14)18(11)23(3,20)21)16(19)17-6-7-22-10-12(17)2/h4-5,9,11-12H,6-8,10H2,1-3H3/t11-,12+/m0/s1. The van der Waals surface area contributed by atoms with Gasteiger partial charge in [0.05, 0.1) is 31.2 Å². The first kappa shape index (κ1) is 16.3. The normalized spacial score (nSPS) is 24.7. The summed E-state index contributed by atoms with van der Waals surface area (Å²) in [5.74, 6) is -0.0194. The molecule has 1 fully saturated rings. The van der Waals surface area contributed by atoms with Crippen LogP contribution in [-0.2, 0) is 21.2 Å². The Morgan fingerprint density at radius 3 is 2.65 bits per heavy atom. The third-order valence-corrected chi connectivity index (χ3v) is 5.74. The van der Waals surface area contributed by atoms with Crippen LogP contribution in [0.2, 0.25) is 0 Å². The van der Waals surface area contributed by atoms with Gasteiger partial charge in [-0.1, -0.05) is 0 Å². The molecule has 3 rings (SSSR count). The van der Waals surface area contributed by atoms with Crippen LogP contribution in [0.25, 0.3) is 0 Å². The highest BCUT2D eigenvalue weighted by Crippen LogP contribution is 2.35. The number of rotatable bonds is 2. The molecule has 1 amide bonds. The maximum atomic E-state index is 12.7. The first-order valence-corrected chi connectivity index (χ1v) is 9.65. The molecule has 126 valence electrons.